The molecule has 88 valence electrons. The lowest BCUT2D eigenvalue weighted by molar-refractivity contribution is 0.559. The zero-order chi connectivity index (χ0) is 12.3. The summed E-state index contributed by atoms with van der Waals surface area (Å²) in [6.07, 6.45) is 5.04. The van der Waals surface area contributed by atoms with Crippen molar-refractivity contribution in [1.29, 1.82) is 0 Å². The monoisotopic (exact) mass is 250 g/mol. The molecule has 6 heteroatoms. The van der Waals surface area contributed by atoms with Gasteiger partial charge in [0.1, 0.15) is 11.4 Å². The molecule has 0 radical (unpaired) electrons. The number of halogens is 1. The Labute approximate surface area is 103 Å². The molecule has 0 atom stereocenters. The average Bonchev–Trinajstić information content (AvgIpc) is 2.34. The van der Waals surface area contributed by atoms with Crippen LogP contribution in [0.2, 0.25) is 0 Å². The normalized spacial score (nSPS) is 10.5. The number of hydrogen-bond acceptors (Lipinski definition) is 5. The predicted molar refractivity (Wildman–Crippen MR) is 64.1 cm³/mol. The quantitative estimate of drug-likeness (QED) is 0.847. The summed E-state index contributed by atoms with van der Waals surface area (Å²) in [7, 11) is 0. The highest BCUT2D eigenvalue weighted by atomic mass is 32.2. The van der Waals surface area contributed by atoms with E-state index in [2.05, 4.69) is 15.0 Å². The van der Waals surface area contributed by atoms with Crippen LogP contribution in [0.5, 0.6) is 0 Å². The molecule has 0 fully saturated rings. The lowest BCUT2D eigenvalue weighted by atomic mass is 10.3. The smallest absolute Gasteiger partial charge is 0.177 e. The van der Waals surface area contributed by atoms with Crippen molar-refractivity contribution >= 4 is 17.4 Å². The molecule has 2 rings (SSSR count). The third-order valence-electron chi connectivity index (χ3n) is 2.18. The number of pyridine rings is 1. The summed E-state index contributed by atoms with van der Waals surface area (Å²) >= 11 is 1.18. The first-order chi connectivity index (χ1) is 8.22. The number of aromatic nitrogens is 3. The summed E-state index contributed by atoms with van der Waals surface area (Å²) in [6.45, 7) is 1.85. The molecule has 2 aromatic rings. The van der Waals surface area contributed by atoms with Crippen LogP contribution in [0.1, 0.15) is 12.6 Å². The van der Waals surface area contributed by atoms with Crippen molar-refractivity contribution in [3.63, 3.8) is 0 Å². The van der Waals surface area contributed by atoms with Crippen molar-refractivity contribution in [2.45, 2.75) is 23.3 Å². The standard InChI is InChI=1S/C11H11FN4S/c1-2-8-10(12)11(16-6-15-8)17-9-3-4-14-5-7(9)13/h3-6H,2,13H2,1H3. The molecule has 4 nitrogen and oxygen atoms in total. The Morgan fingerprint density at radius 2 is 2.24 bits per heavy atom. The summed E-state index contributed by atoms with van der Waals surface area (Å²) in [5.41, 5.74) is 6.66. The molecule has 0 spiro atoms. The van der Waals surface area contributed by atoms with E-state index in [1.807, 2.05) is 6.92 Å². The Balaban J connectivity index is 2.34. The second-order valence-electron chi connectivity index (χ2n) is 3.31. The van der Waals surface area contributed by atoms with Gasteiger partial charge in [-0.3, -0.25) is 4.98 Å². The summed E-state index contributed by atoms with van der Waals surface area (Å²) in [5.74, 6) is -0.379. The highest BCUT2D eigenvalue weighted by molar-refractivity contribution is 7.99. The summed E-state index contributed by atoms with van der Waals surface area (Å²) in [6, 6.07) is 1.73. The maximum atomic E-state index is 13.9. The first-order valence-electron chi connectivity index (χ1n) is 5.09. The van der Waals surface area contributed by atoms with E-state index in [0.29, 0.717) is 17.8 Å². The molecule has 0 bridgehead atoms. The van der Waals surface area contributed by atoms with E-state index < -0.39 is 0 Å². The van der Waals surface area contributed by atoms with E-state index in [0.717, 1.165) is 4.90 Å². The number of hydrogen-bond donors (Lipinski definition) is 1. The number of nitrogens with zero attached hydrogens (tertiary/aromatic N) is 3. The van der Waals surface area contributed by atoms with Crippen LogP contribution in [0.3, 0.4) is 0 Å². The Kier molecular flexibility index (Phi) is 3.53. The van der Waals surface area contributed by atoms with Crippen LogP contribution in [0, 0.1) is 5.82 Å². The van der Waals surface area contributed by atoms with Crippen molar-refractivity contribution in [3.05, 3.63) is 36.3 Å². The molecule has 0 unspecified atom stereocenters. The molecule has 0 aliphatic carbocycles. The highest BCUT2D eigenvalue weighted by Crippen LogP contribution is 2.31. The molecule has 0 saturated carbocycles. The van der Waals surface area contributed by atoms with Gasteiger partial charge >= 0.3 is 0 Å². The van der Waals surface area contributed by atoms with Gasteiger partial charge in [0, 0.05) is 11.1 Å². The molecule has 0 amide bonds. The molecule has 2 heterocycles. The molecule has 17 heavy (non-hydrogen) atoms. The van der Waals surface area contributed by atoms with E-state index in [1.54, 1.807) is 12.3 Å². The van der Waals surface area contributed by atoms with Crippen LogP contribution >= 0.6 is 11.8 Å². The second kappa shape index (κ2) is 5.09. The van der Waals surface area contributed by atoms with Crippen LogP contribution < -0.4 is 5.73 Å². The molecule has 0 aromatic carbocycles. The van der Waals surface area contributed by atoms with Crippen molar-refractivity contribution in [1.82, 2.24) is 15.0 Å². The van der Waals surface area contributed by atoms with E-state index in [-0.39, 0.29) is 10.8 Å². The molecular formula is C11H11FN4S. The van der Waals surface area contributed by atoms with Crippen LogP contribution in [0.15, 0.2) is 34.7 Å². The van der Waals surface area contributed by atoms with E-state index in [4.69, 9.17) is 5.73 Å². The highest BCUT2D eigenvalue weighted by Gasteiger charge is 2.12. The first-order valence-corrected chi connectivity index (χ1v) is 5.90. The Bertz CT molecular complexity index is 533. The van der Waals surface area contributed by atoms with Crippen LogP contribution in [-0.4, -0.2) is 15.0 Å². The zero-order valence-electron chi connectivity index (χ0n) is 9.22. The minimum Gasteiger partial charge on any atom is -0.397 e. The van der Waals surface area contributed by atoms with Crippen LogP contribution in [0.25, 0.3) is 0 Å². The fourth-order valence-corrected chi connectivity index (χ4v) is 2.11. The topological polar surface area (TPSA) is 64.7 Å². The van der Waals surface area contributed by atoms with Gasteiger partial charge in [0.25, 0.3) is 0 Å². The zero-order valence-corrected chi connectivity index (χ0v) is 10.0. The van der Waals surface area contributed by atoms with Gasteiger partial charge in [0.05, 0.1) is 17.6 Å². The number of anilines is 1. The maximum Gasteiger partial charge on any atom is 0.177 e. The van der Waals surface area contributed by atoms with E-state index >= 15 is 0 Å². The first kappa shape index (κ1) is 11.8. The van der Waals surface area contributed by atoms with Crippen LogP contribution in [0.4, 0.5) is 10.1 Å². The number of aryl methyl sites for hydroxylation is 1. The van der Waals surface area contributed by atoms with Gasteiger partial charge in [0.15, 0.2) is 5.82 Å². The lowest BCUT2D eigenvalue weighted by Crippen LogP contribution is -1.98. The van der Waals surface area contributed by atoms with Crippen molar-refractivity contribution in [2.24, 2.45) is 0 Å². The van der Waals surface area contributed by atoms with Crippen molar-refractivity contribution in [2.75, 3.05) is 5.73 Å². The van der Waals surface area contributed by atoms with E-state index in [9.17, 15) is 4.39 Å². The average molecular weight is 250 g/mol. The minimum atomic E-state index is -0.379. The summed E-state index contributed by atoms with van der Waals surface area (Å²) in [4.78, 5) is 12.4. The predicted octanol–water partition coefficient (Wildman–Crippen LogP) is 2.31. The fourth-order valence-electron chi connectivity index (χ4n) is 1.30. The van der Waals surface area contributed by atoms with E-state index in [1.165, 1.54) is 24.3 Å². The van der Waals surface area contributed by atoms with Crippen molar-refractivity contribution < 1.29 is 4.39 Å². The number of nitrogens with two attached hydrogens (primary N) is 1. The van der Waals surface area contributed by atoms with Crippen LogP contribution in [-0.2, 0) is 6.42 Å². The van der Waals surface area contributed by atoms with Gasteiger partial charge in [-0.25, -0.2) is 14.4 Å². The van der Waals surface area contributed by atoms with Gasteiger partial charge in [-0.05, 0) is 12.5 Å². The third-order valence-corrected chi connectivity index (χ3v) is 3.25. The third kappa shape index (κ3) is 2.52. The van der Waals surface area contributed by atoms with Crippen molar-refractivity contribution in [3.8, 4) is 0 Å². The number of nitrogen functional groups attached to an aromatic ring is 1. The Hall–Kier alpha value is -1.69. The maximum absolute atomic E-state index is 13.9. The summed E-state index contributed by atoms with van der Waals surface area (Å²) < 4.78 is 13.9. The number of rotatable bonds is 3. The molecule has 2 N–H and O–H groups in total. The van der Waals surface area contributed by atoms with Gasteiger partial charge < -0.3 is 5.73 Å². The minimum absolute atomic E-state index is 0.287. The lowest BCUT2D eigenvalue weighted by Gasteiger charge is -2.06. The SMILES string of the molecule is CCc1ncnc(Sc2ccncc2N)c1F. The molecular weight excluding hydrogens is 239 g/mol. The largest absolute Gasteiger partial charge is 0.397 e. The fraction of sp³-hybridized carbons (Fsp3) is 0.182. The van der Waals surface area contributed by atoms with Gasteiger partial charge in [-0.1, -0.05) is 18.7 Å². The molecule has 0 aliphatic heterocycles. The molecule has 0 saturated heterocycles. The summed E-state index contributed by atoms with van der Waals surface area (Å²) in [5, 5.41) is 0.287. The Morgan fingerprint density at radius 3 is 2.94 bits per heavy atom. The molecule has 0 aliphatic rings. The molecule has 2 aromatic heterocycles. The van der Waals surface area contributed by atoms with Gasteiger partial charge in [-0.15, -0.1) is 0 Å². The van der Waals surface area contributed by atoms with Gasteiger partial charge in [-0.2, -0.15) is 0 Å². The Morgan fingerprint density at radius 1 is 1.41 bits per heavy atom. The van der Waals surface area contributed by atoms with Gasteiger partial charge in [0.2, 0.25) is 0 Å². The second-order valence-corrected chi connectivity index (χ2v) is 4.34.